The van der Waals surface area contributed by atoms with Gasteiger partial charge in [0.05, 0.1) is 12.0 Å². The molecule has 0 saturated heterocycles. The van der Waals surface area contributed by atoms with E-state index in [0.717, 1.165) is 31.2 Å². The number of hydrogen-bond acceptors (Lipinski definition) is 2. The average Bonchev–Trinajstić information content (AvgIpc) is 2.42. The van der Waals surface area contributed by atoms with E-state index in [1.54, 1.807) is 0 Å². The highest BCUT2D eigenvalue weighted by molar-refractivity contribution is 5.78. The molecule has 3 heteroatoms. The molecule has 3 nitrogen and oxygen atoms in total. The molecule has 0 aliphatic heterocycles. The first kappa shape index (κ1) is 15.0. The van der Waals surface area contributed by atoms with Gasteiger partial charge in [-0.05, 0) is 43.2 Å². The number of benzene rings is 1. The molecule has 0 aromatic heterocycles. The lowest BCUT2D eigenvalue weighted by atomic mass is 9.80. The second-order valence-electron chi connectivity index (χ2n) is 5.95. The molecule has 1 amide bonds. The highest BCUT2D eigenvalue weighted by Crippen LogP contribution is 2.30. The normalized spacial score (nSPS) is 16.5. The Kier molecular flexibility index (Phi) is 5.18. The Morgan fingerprint density at radius 1 is 1.25 bits per heavy atom. The maximum absolute atomic E-state index is 11.8. The van der Waals surface area contributed by atoms with Crippen molar-refractivity contribution in [3.63, 3.8) is 0 Å². The van der Waals surface area contributed by atoms with E-state index in [1.807, 2.05) is 12.1 Å². The standard InChI is InChI=1S/C17H25NO2/c1-2-3-5-14-6-8-15(9-7-14)12-16(19)18-13-17(20)10-4-11-17/h6-9,20H,2-5,10-13H2,1H3,(H,18,19). The lowest BCUT2D eigenvalue weighted by molar-refractivity contribution is -0.122. The average molecular weight is 275 g/mol. The maximum atomic E-state index is 11.8. The Balaban J connectivity index is 1.75. The molecule has 0 unspecified atom stereocenters. The van der Waals surface area contributed by atoms with Crippen LogP contribution in [0.3, 0.4) is 0 Å². The molecule has 1 aliphatic rings. The quantitative estimate of drug-likeness (QED) is 0.803. The number of amides is 1. The van der Waals surface area contributed by atoms with Crippen LogP contribution < -0.4 is 5.32 Å². The lowest BCUT2D eigenvalue weighted by Crippen LogP contribution is -2.48. The molecule has 0 atom stereocenters. The van der Waals surface area contributed by atoms with Crippen LogP contribution in [0.25, 0.3) is 0 Å². The number of unbranched alkanes of at least 4 members (excludes halogenated alkanes) is 1. The van der Waals surface area contributed by atoms with Gasteiger partial charge in [0, 0.05) is 6.54 Å². The predicted octanol–water partition coefficient (Wildman–Crippen LogP) is 2.60. The second-order valence-corrected chi connectivity index (χ2v) is 5.95. The van der Waals surface area contributed by atoms with Crippen molar-refractivity contribution in [1.82, 2.24) is 5.32 Å². The molecule has 20 heavy (non-hydrogen) atoms. The first-order valence-corrected chi connectivity index (χ1v) is 7.68. The molecule has 1 aromatic carbocycles. The number of aryl methyl sites for hydroxylation is 1. The second kappa shape index (κ2) is 6.89. The summed E-state index contributed by atoms with van der Waals surface area (Å²) >= 11 is 0. The lowest BCUT2D eigenvalue weighted by Gasteiger charge is -2.36. The minimum Gasteiger partial charge on any atom is -0.388 e. The third kappa shape index (κ3) is 4.34. The van der Waals surface area contributed by atoms with Gasteiger partial charge in [0.2, 0.25) is 5.91 Å². The van der Waals surface area contributed by atoms with Gasteiger partial charge in [0.15, 0.2) is 0 Å². The van der Waals surface area contributed by atoms with Crippen LogP contribution in [-0.2, 0) is 17.6 Å². The summed E-state index contributed by atoms with van der Waals surface area (Å²) in [6.45, 7) is 2.58. The Bertz CT molecular complexity index is 435. The van der Waals surface area contributed by atoms with Crippen LogP contribution in [-0.4, -0.2) is 23.2 Å². The van der Waals surface area contributed by atoms with Crippen molar-refractivity contribution < 1.29 is 9.90 Å². The zero-order chi connectivity index (χ0) is 14.4. The molecule has 1 aromatic rings. The summed E-state index contributed by atoms with van der Waals surface area (Å²) < 4.78 is 0. The highest BCUT2D eigenvalue weighted by atomic mass is 16.3. The molecule has 2 rings (SSSR count). The molecule has 1 fully saturated rings. The van der Waals surface area contributed by atoms with E-state index >= 15 is 0 Å². The van der Waals surface area contributed by atoms with Crippen LogP contribution in [0.2, 0.25) is 0 Å². The van der Waals surface area contributed by atoms with Gasteiger partial charge in [-0.2, -0.15) is 0 Å². The van der Waals surface area contributed by atoms with E-state index in [9.17, 15) is 9.90 Å². The zero-order valence-corrected chi connectivity index (χ0v) is 12.3. The molecule has 1 aliphatic carbocycles. The fourth-order valence-corrected chi connectivity index (χ4v) is 2.48. The van der Waals surface area contributed by atoms with Crippen LogP contribution in [0.5, 0.6) is 0 Å². The first-order valence-electron chi connectivity index (χ1n) is 7.68. The van der Waals surface area contributed by atoms with Gasteiger partial charge < -0.3 is 10.4 Å². The Morgan fingerprint density at radius 3 is 2.45 bits per heavy atom. The van der Waals surface area contributed by atoms with E-state index in [4.69, 9.17) is 0 Å². The van der Waals surface area contributed by atoms with Crippen molar-refractivity contribution in [3.8, 4) is 0 Å². The van der Waals surface area contributed by atoms with Crippen LogP contribution >= 0.6 is 0 Å². The largest absolute Gasteiger partial charge is 0.388 e. The third-order valence-corrected chi connectivity index (χ3v) is 4.11. The summed E-state index contributed by atoms with van der Waals surface area (Å²) in [6.07, 6.45) is 6.58. The number of carbonyl (C=O) groups is 1. The summed E-state index contributed by atoms with van der Waals surface area (Å²) in [5, 5.41) is 12.8. The number of carbonyl (C=O) groups excluding carboxylic acids is 1. The number of rotatable bonds is 7. The van der Waals surface area contributed by atoms with Crippen molar-refractivity contribution in [2.24, 2.45) is 0 Å². The summed E-state index contributed by atoms with van der Waals surface area (Å²) in [5.41, 5.74) is 1.72. The van der Waals surface area contributed by atoms with Gasteiger partial charge in [-0.15, -0.1) is 0 Å². The van der Waals surface area contributed by atoms with Crippen LogP contribution in [0.15, 0.2) is 24.3 Å². The third-order valence-electron chi connectivity index (χ3n) is 4.11. The highest BCUT2D eigenvalue weighted by Gasteiger charge is 2.34. The molecule has 0 spiro atoms. The molecule has 110 valence electrons. The fraction of sp³-hybridized carbons (Fsp3) is 0.588. The molecule has 0 radical (unpaired) electrons. The topological polar surface area (TPSA) is 49.3 Å². The van der Waals surface area contributed by atoms with Gasteiger partial charge >= 0.3 is 0 Å². The van der Waals surface area contributed by atoms with Gasteiger partial charge in [0.25, 0.3) is 0 Å². The smallest absolute Gasteiger partial charge is 0.224 e. The minimum absolute atomic E-state index is 0.00775. The maximum Gasteiger partial charge on any atom is 0.224 e. The monoisotopic (exact) mass is 275 g/mol. The van der Waals surface area contributed by atoms with Crippen molar-refractivity contribution in [1.29, 1.82) is 0 Å². The predicted molar refractivity (Wildman–Crippen MR) is 80.6 cm³/mol. The first-order chi connectivity index (χ1) is 9.61. The SMILES string of the molecule is CCCCc1ccc(CC(=O)NCC2(O)CCC2)cc1. The van der Waals surface area contributed by atoms with Gasteiger partial charge in [-0.3, -0.25) is 4.79 Å². The summed E-state index contributed by atoms with van der Waals surface area (Å²) in [5.74, 6) is -0.00775. The summed E-state index contributed by atoms with van der Waals surface area (Å²) in [6, 6.07) is 8.28. The summed E-state index contributed by atoms with van der Waals surface area (Å²) in [7, 11) is 0. The molecule has 0 heterocycles. The zero-order valence-electron chi connectivity index (χ0n) is 12.3. The molecule has 2 N–H and O–H groups in total. The van der Waals surface area contributed by atoms with Gasteiger partial charge in [-0.25, -0.2) is 0 Å². The fourth-order valence-electron chi connectivity index (χ4n) is 2.48. The van der Waals surface area contributed by atoms with Crippen molar-refractivity contribution in [2.75, 3.05) is 6.54 Å². The van der Waals surface area contributed by atoms with Crippen LogP contribution in [0, 0.1) is 0 Å². The van der Waals surface area contributed by atoms with Gasteiger partial charge in [-0.1, -0.05) is 37.6 Å². The van der Waals surface area contributed by atoms with Gasteiger partial charge in [0.1, 0.15) is 0 Å². The molecular formula is C17H25NO2. The van der Waals surface area contributed by atoms with Crippen LogP contribution in [0.1, 0.15) is 50.2 Å². The Labute approximate surface area is 121 Å². The number of nitrogens with one attached hydrogen (secondary N) is 1. The Morgan fingerprint density at radius 2 is 1.90 bits per heavy atom. The summed E-state index contributed by atoms with van der Waals surface area (Å²) in [4.78, 5) is 11.8. The molecule has 0 bridgehead atoms. The molecular weight excluding hydrogens is 250 g/mol. The van der Waals surface area contributed by atoms with E-state index < -0.39 is 5.60 Å². The van der Waals surface area contributed by atoms with E-state index in [2.05, 4.69) is 24.4 Å². The van der Waals surface area contributed by atoms with Crippen LogP contribution in [0.4, 0.5) is 0 Å². The minimum atomic E-state index is -0.639. The van der Waals surface area contributed by atoms with E-state index in [1.165, 1.54) is 18.4 Å². The Hall–Kier alpha value is -1.35. The van der Waals surface area contributed by atoms with Crippen molar-refractivity contribution in [2.45, 2.75) is 57.5 Å². The van der Waals surface area contributed by atoms with E-state index in [-0.39, 0.29) is 5.91 Å². The van der Waals surface area contributed by atoms with E-state index in [0.29, 0.717) is 13.0 Å². The number of aliphatic hydroxyl groups is 1. The molecule has 1 saturated carbocycles. The van der Waals surface area contributed by atoms with Crippen molar-refractivity contribution >= 4 is 5.91 Å². The van der Waals surface area contributed by atoms with Crippen molar-refractivity contribution in [3.05, 3.63) is 35.4 Å². The number of hydrogen-bond donors (Lipinski definition) is 2.